The molecule has 0 aliphatic heterocycles. The van der Waals surface area contributed by atoms with E-state index in [1.54, 1.807) is 24.3 Å². The Morgan fingerprint density at radius 2 is 2.06 bits per heavy atom. The number of hydrogen-bond donors (Lipinski definition) is 4. The molecule has 7 nitrogen and oxygen atoms in total. The molecule has 1 aromatic rings. The highest BCUT2D eigenvalue weighted by molar-refractivity contribution is 5.91. The molecule has 0 saturated heterocycles. The SMILES string of the molecule is COc1ccccc1NC(=O)NC[C@H](O)C(=O)O. The van der Waals surface area contributed by atoms with Crippen LogP contribution in [-0.4, -0.2) is 42.0 Å². The second kappa shape index (κ2) is 6.45. The third-order valence-corrected chi connectivity index (χ3v) is 2.10. The first-order valence-electron chi connectivity index (χ1n) is 5.13. The molecule has 0 aliphatic carbocycles. The van der Waals surface area contributed by atoms with Crippen molar-refractivity contribution >= 4 is 17.7 Å². The van der Waals surface area contributed by atoms with Crippen molar-refractivity contribution in [2.75, 3.05) is 19.0 Å². The van der Waals surface area contributed by atoms with Crippen LogP contribution >= 0.6 is 0 Å². The van der Waals surface area contributed by atoms with E-state index in [1.165, 1.54) is 7.11 Å². The Morgan fingerprint density at radius 1 is 1.39 bits per heavy atom. The van der Waals surface area contributed by atoms with Crippen LogP contribution < -0.4 is 15.4 Å². The topological polar surface area (TPSA) is 108 Å². The van der Waals surface area contributed by atoms with Crippen LogP contribution in [-0.2, 0) is 4.79 Å². The second-order valence-corrected chi connectivity index (χ2v) is 3.39. The summed E-state index contributed by atoms with van der Waals surface area (Å²) in [6, 6.07) is 6.13. The molecule has 18 heavy (non-hydrogen) atoms. The number of ether oxygens (including phenoxy) is 1. The quantitative estimate of drug-likeness (QED) is 0.603. The molecule has 2 amide bonds. The molecular weight excluding hydrogens is 240 g/mol. The number of rotatable bonds is 5. The number of hydrogen-bond acceptors (Lipinski definition) is 4. The fourth-order valence-electron chi connectivity index (χ4n) is 1.19. The molecule has 1 atom stereocenters. The highest BCUT2D eigenvalue weighted by Gasteiger charge is 2.14. The Bertz CT molecular complexity index is 435. The molecule has 0 fully saturated rings. The lowest BCUT2D eigenvalue weighted by atomic mass is 10.3. The van der Waals surface area contributed by atoms with Crippen molar-refractivity contribution in [1.82, 2.24) is 5.32 Å². The minimum absolute atomic E-state index is 0.379. The summed E-state index contributed by atoms with van der Waals surface area (Å²) >= 11 is 0. The average Bonchev–Trinajstić information content (AvgIpc) is 2.36. The summed E-state index contributed by atoms with van der Waals surface area (Å²) < 4.78 is 5.02. The molecule has 0 spiro atoms. The molecule has 98 valence electrons. The van der Waals surface area contributed by atoms with E-state index in [-0.39, 0.29) is 6.54 Å². The fraction of sp³-hybridized carbons (Fsp3) is 0.273. The van der Waals surface area contributed by atoms with Crippen molar-refractivity contribution in [2.24, 2.45) is 0 Å². The zero-order chi connectivity index (χ0) is 13.5. The maximum atomic E-state index is 11.4. The maximum absolute atomic E-state index is 11.4. The zero-order valence-electron chi connectivity index (χ0n) is 9.71. The maximum Gasteiger partial charge on any atom is 0.334 e. The number of anilines is 1. The second-order valence-electron chi connectivity index (χ2n) is 3.39. The van der Waals surface area contributed by atoms with Crippen molar-refractivity contribution in [1.29, 1.82) is 0 Å². The van der Waals surface area contributed by atoms with Crippen molar-refractivity contribution in [3.05, 3.63) is 24.3 Å². The molecule has 7 heteroatoms. The third kappa shape index (κ3) is 3.95. The van der Waals surface area contributed by atoms with Gasteiger partial charge < -0.3 is 25.6 Å². The summed E-state index contributed by atoms with van der Waals surface area (Å²) in [5.41, 5.74) is 0.447. The number of amides is 2. The number of carbonyl (C=O) groups excluding carboxylic acids is 1. The van der Waals surface area contributed by atoms with Crippen LogP contribution in [0.5, 0.6) is 5.75 Å². The number of aliphatic hydroxyl groups excluding tert-OH is 1. The van der Waals surface area contributed by atoms with E-state index in [9.17, 15) is 9.59 Å². The van der Waals surface area contributed by atoms with Gasteiger partial charge in [0.15, 0.2) is 6.10 Å². The van der Waals surface area contributed by atoms with E-state index in [1.807, 2.05) is 0 Å². The molecule has 0 aliphatic rings. The van der Waals surface area contributed by atoms with E-state index in [0.717, 1.165) is 0 Å². The van der Waals surface area contributed by atoms with Crippen LogP contribution in [0.15, 0.2) is 24.3 Å². The molecule has 1 rings (SSSR count). The summed E-state index contributed by atoms with van der Waals surface area (Å²) in [6.45, 7) is -0.379. The number of carboxylic acids is 1. The minimum Gasteiger partial charge on any atom is -0.495 e. The van der Waals surface area contributed by atoms with Crippen LogP contribution in [0.2, 0.25) is 0 Å². The number of aliphatic hydroxyl groups is 1. The van der Waals surface area contributed by atoms with Crippen LogP contribution in [0.3, 0.4) is 0 Å². The van der Waals surface area contributed by atoms with E-state index >= 15 is 0 Å². The summed E-state index contributed by atoms with van der Waals surface area (Å²) in [4.78, 5) is 21.8. The van der Waals surface area contributed by atoms with E-state index in [4.69, 9.17) is 14.9 Å². The first kappa shape index (κ1) is 13.8. The molecule has 0 saturated carbocycles. The highest BCUT2D eigenvalue weighted by Crippen LogP contribution is 2.22. The van der Waals surface area contributed by atoms with Gasteiger partial charge in [-0.3, -0.25) is 0 Å². The minimum atomic E-state index is -1.63. The first-order chi connectivity index (χ1) is 8.54. The van der Waals surface area contributed by atoms with Gasteiger partial charge in [0.2, 0.25) is 0 Å². The largest absolute Gasteiger partial charge is 0.495 e. The van der Waals surface area contributed by atoms with Gasteiger partial charge in [0.05, 0.1) is 19.3 Å². The Kier molecular flexibility index (Phi) is 4.94. The van der Waals surface area contributed by atoms with Crippen LogP contribution in [0.25, 0.3) is 0 Å². The van der Waals surface area contributed by atoms with Crippen molar-refractivity contribution in [2.45, 2.75) is 6.10 Å². The number of aliphatic carboxylic acids is 1. The predicted molar refractivity (Wildman–Crippen MR) is 63.7 cm³/mol. The molecule has 0 radical (unpaired) electrons. The number of carbonyl (C=O) groups is 2. The zero-order valence-corrected chi connectivity index (χ0v) is 9.71. The average molecular weight is 254 g/mol. The van der Waals surface area contributed by atoms with Gasteiger partial charge in [-0.2, -0.15) is 0 Å². The van der Waals surface area contributed by atoms with Crippen LogP contribution in [0.1, 0.15) is 0 Å². The van der Waals surface area contributed by atoms with Crippen molar-refractivity contribution in [3.63, 3.8) is 0 Å². The van der Waals surface area contributed by atoms with Gasteiger partial charge in [0.25, 0.3) is 0 Å². The third-order valence-electron chi connectivity index (χ3n) is 2.10. The Labute approximate surface area is 103 Å². The summed E-state index contributed by atoms with van der Waals surface area (Å²) in [6.07, 6.45) is -1.63. The van der Waals surface area contributed by atoms with Gasteiger partial charge in [0.1, 0.15) is 5.75 Å². The molecule has 4 N–H and O–H groups in total. The molecule has 0 bridgehead atoms. The Hall–Kier alpha value is -2.28. The van der Waals surface area contributed by atoms with Gasteiger partial charge in [-0.25, -0.2) is 9.59 Å². The highest BCUT2D eigenvalue weighted by atomic mass is 16.5. The van der Waals surface area contributed by atoms with Crippen molar-refractivity contribution < 1.29 is 24.5 Å². The van der Waals surface area contributed by atoms with Gasteiger partial charge in [-0.1, -0.05) is 12.1 Å². The number of benzene rings is 1. The molecular formula is C11H14N2O5. The monoisotopic (exact) mass is 254 g/mol. The molecule has 0 unspecified atom stereocenters. The van der Waals surface area contributed by atoms with E-state index in [2.05, 4.69) is 10.6 Å². The number of carboxylic acid groups (broad SMARTS) is 1. The van der Waals surface area contributed by atoms with Crippen LogP contribution in [0.4, 0.5) is 10.5 Å². The number of methoxy groups -OCH3 is 1. The Balaban J connectivity index is 2.52. The van der Waals surface area contributed by atoms with Gasteiger partial charge in [-0.15, -0.1) is 0 Å². The lowest BCUT2D eigenvalue weighted by molar-refractivity contribution is -0.146. The lowest BCUT2D eigenvalue weighted by Crippen LogP contribution is -2.38. The molecule has 0 heterocycles. The standard InChI is InChI=1S/C11H14N2O5/c1-18-9-5-3-2-4-7(9)13-11(17)12-6-8(14)10(15)16/h2-5,8,14H,6H2,1H3,(H,15,16)(H2,12,13,17)/t8-/m0/s1. The number of urea groups is 1. The fourth-order valence-corrected chi connectivity index (χ4v) is 1.19. The van der Waals surface area contributed by atoms with Gasteiger partial charge >= 0.3 is 12.0 Å². The van der Waals surface area contributed by atoms with Gasteiger partial charge in [-0.05, 0) is 12.1 Å². The van der Waals surface area contributed by atoms with E-state index < -0.39 is 18.1 Å². The number of para-hydroxylation sites is 2. The summed E-state index contributed by atoms with van der Waals surface area (Å²) in [5.74, 6) is -0.918. The van der Waals surface area contributed by atoms with Gasteiger partial charge in [0, 0.05) is 0 Å². The lowest BCUT2D eigenvalue weighted by Gasteiger charge is -2.11. The molecule has 1 aromatic carbocycles. The summed E-state index contributed by atoms with van der Waals surface area (Å²) in [5, 5.41) is 22.1. The van der Waals surface area contributed by atoms with Crippen LogP contribution in [0, 0.1) is 0 Å². The van der Waals surface area contributed by atoms with Crippen molar-refractivity contribution in [3.8, 4) is 5.75 Å². The smallest absolute Gasteiger partial charge is 0.334 e. The normalized spacial score (nSPS) is 11.4. The Morgan fingerprint density at radius 3 is 2.67 bits per heavy atom. The summed E-state index contributed by atoms with van der Waals surface area (Å²) in [7, 11) is 1.46. The molecule has 0 aromatic heterocycles. The van der Waals surface area contributed by atoms with E-state index in [0.29, 0.717) is 11.4 Å². The predicted octanol–water partition coefficient (Wildman–Crippen LogP) is 0.262. The number of nitrogens with one attached hydrogen (secondary N) is 2. The first-order valence-corrected chi connectivity index (χ1v) is 5.13.